The summed E-state index contributed by atoms with van der Waals surface area (Å²) in [6, 6.07) is 13.4. The Kier molecular flexibility index (Phi) is 3.05. The monoisotopic (exact) mass is 304 g/mol. The number of carbonyl (C=O) groups is 1. The SMILES string of the molecule is COc1cccc2[nH]c(C(=O)c3ccc4c(c3)C(C)=NC4)cc12. The minimum absolute atomic E-state index is 0.0225. The Labute approximate surface area is 133 Å². The Balaban J connectivity index is 1.78. The average Bonchev–Trinajstić information content (AvgIpc) is 3.17. The van der Waals surface area contributed by atoms with Gasteiger partial charge in [0.05, 0.1) is 19.3 Å². The molecular formula is C19H16N2O2. The van der Waals surface area contributed by atoms with Crippen molar-refractivity contribution in [1.82, 2.24) is 4.98 Å². The van der Waals surface area contributed by atoms with Crippen molar-refractivity contribution in [3.8, 4) is 5.75 Å². The Hall–Kier alpha value is -2.88. The van der Waals surface area contributed by atoms with Gasteiger partial charge in [0.25, 0.3) is 0 Å². The third-order valence-corrected chi connectivity index (χ3v) is 4.34. The second-order valence-electron chi connectivity index (χ2n) is 5.71. The van der Waals surface area contributed by atoms with Crippen LogP contribution < -0.4 is 4.74 Å². The molecule has 2 aromatic carbocycles. The zero-order valence-electron chi connectivity index (χ0n) is 13.0. The summed E-state index contributed by atoms with van der Waals surface area (Å²) in [5.74, 6) is 0.737. The molecule has 0 saturated carbocycles. The van der Waals surface area contributed by atoms with Crippen molar-refractivity contribution in [3.05, 3.63) is 64.8 Å². The van der Waals surface area contributed by atoms with E-state index in [1.54, 1.807) is 7.11 Å². The van der Waals surface area contributed by atoms with Gasteiger partial charge in [0, 0.05) is 27.7 Å². The lowest BCUT2D eigenvalue weighted by Crippen LogP contribution is -2.04. The minimum atomic E-state index is -0.0225. The molecule has 1 aliphatic rings. The zero-order chi connectivity index (χ0) is 16.0. The van der Waals surface area contributed by atoms with Gasteiger partial charge in [0.1, 0.15) is 5.75 Å². The summed E-state index contributed by atoms with van der Waals surface area (Å²) in [6.45, 7) is 2.69. The van der Waals surface area contributed by atoms with Gasteiger partial charge >= 0.3 is 0 Å². The van der Waals surface area contributed by atoms with Gasteiger partial charge in [-0.1, -0.05) is 18.2 Å². The topological polar surface area (TPSA) is 54.5 Å². The van der Waals surface area contributed by atoms with Crippen LogP contribution in [0.1, 0.15) is 34.1 Å². The van der Waals surface area contributed by atoms with E-state index >= 15 is 0 Å². The van der Waals surface area contributed by atoms with Crippen LogP contribution in [0.3, 0.4) is 0 Å². The highest BCUT2D eigenvalue weighted by Gasteiger charge is 2.18. The first-order valence-corrected chi connectivity index (χ1v) is 7.52. The third kappa shape index (κ3) is 2.14. The second kappa shape index (κ2) is 5.09. The fraction of sp³-hybridized carbons (Fsp3) is 0.158. The van der Waals surface area contributed by atoms with E-state index in [9.17, 15) is 4.79 Å². The molecule has 0 amide bonds. The Bertz CT molecular complexity index is 967. The molecule has 0 saturated heterocycles. The number of aromatic nitrogens is 1. The first-order chi connectivity index (χ1) is 11.2. The predicted molar refractivity (Wildman–Crippen MR) is 90.6 cm³/mol. The second-order valence-corrected chi connectivity index (χ2v) is 5.71. The van der Waals surface area contributed by atoms with E-state index in [4.69, 9.17) is 4.74 Å². The van der Waals surface area contributed by atoms with Gasteiger partial charge in [0.2, 0.25) is 5.78 Å². The van der Waals surface area contributed by atoms with Crippen LogP contribution >= 0.6 is 0 Å². The van der Waals surface area contributed by atoms with E-state index in [0.717, 1.165) is 27.9 Å². The van der Waals surface area contributed by atoms with Crippen molar-refractivity contribution in [2.75, 3.05) is 7.11 Å². The number of carbonyl (C=O) groups excluding carboxylic acids is 1. The zero-order valence-corrected chi connectivity index (χ0v) is 13.0. The Morgan fingerprint density at radius 1 is 1.22 bits per heavy atom. The summed E-state index contributed by atoms with van der Waals surface area (Å²) in [7, 11) is 1.63. The van der Waals surface area contributed by atoms with Crippen LogP contribution in [0.5, 0.6) is 5.75 Å². The van der Waals surface area contributed by atoms with Crippen LogP contribution in [0.25, 0.3) is 10.9 Å². The van der Waals surface area contributed by atoms with Gasteiger partial charge in [-0.15, -0.1) is 0 Å². The summed E-state index contributed by atoms with van der Waals surface area (Å²) in [4.78, 5) is 20.4. The predicted octanol–water partition coefficient (Wildman–Crippen LogP) is 3.73. The largest absolute Gasteiger partial charge is 0.496 e. The number of aliphatic imine (C=N–C) groups is 1. The van der Waals surface area contributed by atoms with Gasteiger partial charge < -0.3 is 9.72 Å². The molecule has 4 heteroatoms. The molecule has 1 aromatic heterocycles. The lowest BCUT2D eigenvalue weighted by atomic mass is 10.00. The van der Waals surface area contributed by atoms with Crippen molar-refractivity contribution in [3.63, 3.8) is 0 Å². The number of nitrogens with one attached hydrogen (secondary N) is 1. The molecule has 0 spiro atoms. The van der Waals surface area contributed by atoms with E-state index in [0.29, 0.717) is 17.8 Å². The lowest BCUT2D eigenvalue weighted by Gasteiger charge is -2.03. The molecular weight excluding hydrogens is 288 g/mol. The minimum Gasteiger partial charge on any atom is -0.496 e. The van der Waals surface area contributed by atoms with Gasteiger partial charge in [-0.3, -0.25) is 9.79 Å². The maximum absolute atomic E-state index is 12.8. The summed E-state index contributed by atoms with van der Waals surface area (Å²) in [5.41, 5.74) is 5.38. The van der Waals surface area contributed by atoms with Crippen LogP contribution in [0, 0.1) is 0 Å². The van der Waals surface area contributed by atoms with Crippen LogP contribution in [-0.4, -0.2) is 23.6 Å². The number of aromatic amines is 1. The molecule has 0 atom stereocenters. The molecule has 3 aromatic rings. The number of H-pyrrole nitrogens is 1. The van der Waals surface area contributed by atoms with E-state index in [-0.39, 0.29) is 5.78 Å². The third-order valence-electron chi connectivity index (χ3n) is 4.34. The molecule has 0 radical (unpaired) electrons. The first kappa shape index (κ1) is 13.8. The van der Waals surface area contributed by atoms with E-state index in [2.05, 4.69) is 9.98 Å². The van der Waals surface area contributed by atoms with E-state index in [1.165, 1.54) is 5.56 Å². The molecule has 0 fully saturated rings. The smallest absolute Gasteiger partial charge is 0.209 e. The molecule has 0 aliphatic carbocycles. The summed E-state index contributed by atoms with van der Waals surface area (Å²) in [6.07, 6.45) is 0. The molecule has 2 heterocycles. The van der Waals surface area contributed by atoms with Crippen molar-refractivity contribution in [2.24, 2.45) is 4.99 Å². The molecule has 23 heavy (non-hydrogen) atoms. The molecule has 0 unspecified atom stereocenters. The normalized spacial score (nSPS) is 13.0. The number of ether oxygens (including phenoxy) is 1. The highest BCUT2D eigenvalue weighted by molar-refractivity contribution is 6.12. The van der Waals surface area contributed by atoms with Gasteiger partial charge in [-0.2, -0.15) is 0 Å². The van der Waals surface area contributed by atoms with E-state index in [1.807, 2.05) is 49.4 Å². The van der Waals surface area contributed by atoms with Gasteiger partial charge in [-0.25, -0.2) is 0 Å². The maximum Gasteiger partial charge on any atom is 0.209 e. The number of ketones is 1. The number of hydrogen-bond donors (Lipinski definition) is 1. The van der Waals surface area contributed by atoms with E-state index < -0.39 is 0 Å². The van der Waals surface area contributed by atoms with Crippen LogP contribution in [0.15, 0.2) is 47.5 Å². The highest BCUT2D eigenvalue weighted by Crippen LogP contribution is 2.28. The Morgan fingerprint density at radius 2 is 2.09 bits per heavy atom. The standard InChI is InChI=1S/C19H16N2O2/c1-11-14-8-12(6-7-13(14)10-20-11)19(22)17-9-15-16(21-17)4-3-5-18(15)23-2/h3-9,21H,10H2,1-2H3. The van der Waals surface area contributed by atoms with Gasteiger partial charge in [-0.05, 0) is 36.8 Å². The van der Waals surface area contributed by atoms with Crippen molar-refractivity contribution in [1.29, 1.82) is 0 Å². The molecule has 0 bridgehead atoms. The number of nitrogens with zero attached hydrogens (tertiary/aromatic N) is 1. The summed E-state index contributed by atoms with van der Waals surface area (Å²) in [5, 5.41) is 0.914. The van der Waals surface area contributed by atoms with Gasteiger partial charge in [0.15, 0.2) is 0 Å². The number of fused-ring (bicyclic) bond motifs is 2. The number of methoxy groups -OCH3 is 1. The van der Waals surface area contributed by atoms with Crippen molar-refractivity contribution in [2.45, 2.75) is 13.5 Å². The fourth-order valence-corrected chi connectivity index (χ4v) is 3.06. The van der Waals surface area contributed by atoms with Crippen LogP contribution in [-0.2, 0) is 6.54 Å². The van der Waals surface area contributed by atoms with Crippen LogP contribution in [0.4, 0.5) is 0 Å². The molecule has 1 aliphatic heterocycles. The molecule has 1 N–H and O–H groups in total. The maximum atomic E-state index is 12.8. The first-order valence-electron chi connectivity index (χ1n) is 7.52. The average molecular weight is 304 g/mol. The summed E-state index contributed by atoms with van der Waals surface area (Å²) < 4.78 is 5.35. The molecule has 114 valence electrons. The number of benzene rings is 2. The van der Waals surface area contributed by atoms with Crippen LogP contribution in [0.2, 0.25) is 0 Å². The summed E-state index contributed by atoms with van der Waals surface area (Å²) >= 11 is 0. The molecule has 4 rings (SSSR count). The molecule has 4 nitrogen and oxygen atoms in total. The van der Waals surface area contributed by atoms with Crippen molar-refractivity contribution < 1.29 is 9.53 Å². The number of hydrogen-bond acceptors (Lipinski definition) is 3. The lowest BCUT2D eigenvalue weighted by molar-refractivity contribution is 0.103. The van der Waals surface area contributed by atoms with Crippen molar-refractivity contribution >= 4 is 22.4 Å². The quantitative estimate of drug-likeness (QED) is 0.750. The fourth-order valence-electron chi connectivity index (χ4n) is 3.06. The highest BCUT2D eigenvalue weighted by atomic mass is 16.5. The number of rotatable bonds is 3. The Morgan fingerprint density at radius 3 is 2.91 bits per heavy atom.